The van der Waals surface area contributed by atoms with Gasteiger partial charge in [0.2, 0.25) is 0 Å². The molecule has 2 heteroatoms. The van der Waals surface area contributed by atoms with Crippen LogP contribution in [0.15, 0.2) is 17.1 Å². The van der Waals surface area contributed by atoms with Gasteiger partial charge in [0.15, 0.2) is 0 Å². The fourth-order valence-corrected chi connectivity index (χ4v) is 0.846. The molecule has 0 fully saturated rings. The number of aryl methyl sites for hydroxylation is 2. The minimum absolute atomic E-state index is 0.866. The highest BCUT2D eigenvalue weighted by Crippen LogP contribution is 2.14. The average molecular weight is 134 g/mol. The van der Waals surface area contributed by atoms with Crippen molar-refractivity contribution < 1.29 is 0 Å². The normalized spacial score (nSPS) is 9.40. The van der Waals surface area contributed by atoms with Crippen LogP contribution in [-0.4, -0.2) is 11.7 Å². The molecule has 0 aliphatic carbocycles. The molecule has 1 rings (SSSR count). The molecule has 0 unspecified atom stereocenters. The van der Waals surface area contributed by atoms with Gasteiger partial charge in [0, 0.05) is 5.69 Å². The molecule has 0 aromatic carbocycles. The lowest BCUT2D eigenvalue weighted by atomic mass is 10.3. The van der Waals surface area contributed by atoms with Crippen LogP contribution in [0, 0.1) is 13.8 Å². The lowest BCUT2D eigenvalue weighted by Crippen LogP contribution is -1.84. The molecule has 0 amide bonds. The molecule has 0 radical (unpaired) electrons. The molecule has 52 valence electrons. The van der Waals surface area contributed by atoms with E-state index in [9.17, 15) is 0 Å². The molecule has 0 bridgehead atoms. The summed E-state index contributed by atoms with van der Waals surface area (Å²) in [5.41, 5.74) is 2.82. The Morgan fingerprint density at radius 1 is 1.40 bits per heavy atom. The Labute approximate surface area is 60.6 Å². The van der Waals surface area contributed by atoms with Crippen molar-refractivity contribution >= 4 is 12.4 Å². The van der Waals surface area contributed by atoms with Gasteiger partial charge in [-0.1, -0.05) is 0 Å². The summed E-state index contributed by atoms with van der Waals surface area (Å²) in [5.74, 6) is 0. The third-order valence-electron chi connectivity index (χ3n) is 1.37. The topological polar surface area (TPSA) is 25.2 Å². The molecule has 1 heterocycles. The van der Waals surface area contributed by atoms with Crippen LogP contribution >= 0.6 is 0 Å². The van der Waals surface area contributed by atoms with Gasteiger partial charge < -0.3 is 0 Å². The van der Waals surface area contributed by atoms with Crippen LogP contribution in [0.5, 0.6) is 0 Å². The van der Waals surface area contributed by atoms with E-state index in [0.29, 0.717) is 0 Å². The van der Waals surface area contributed by atoms with Crippen LogP contribution in [-0.2, 0) is 0 Å². The van der Waals surface area contributed by atoms with Crippen LogP contribution < -0.4 is 0 Å². The lowest BCUT2D eigenvalue weighted by Gasteiger charge is -1.97. The Morgan fingerprint density at radius 3 is 2.60 bits per heavy atom. The fraction of sp³-hybridized carbons (Fsp3) is 0.250. The van der Waals surface area contributed by atoms with Crippen LogP contribution in [0.2, 0.25) is 0 Å². The van der Waals surface area contributed by atoms with E-state index in [0.717, 1.165) is 17.1 Å². The van der Waals surface area contributed by atoms with Gasteiger partial charge in [-0.05, 0) is 32.7 Å². The highest BCUT2D eigenvalue weighted by atomic mass is 14.8. The van der Waals surface area contributed by atoms with Gasteiger partial charge >= 0.3 is 0 Å². The molecule has 2 nitrogen and oxygen atoms in total. The van der Waals surface area contributed by atoms with Crippen molar-refractivity contribution in [1.29, 1.82) is 0 Å². The summed E-state index contributed by atoms with van der Waals surface area (Å²) in [4.78, 5) is 8.01. The average Bonchev–Trinajstić information content (AvgIpc) is 1.88. The van der Waals surface area contributed by atoms with Crippen LogP contribution in [0.3, 0.4) is 0 Å². The van der Waals surface area contributed by atoms with E-state index >= 15 is 0 Å². The van der Waals surface area contributed by atoms with Crippen LogP contribution in [0.1, 0.15) is 11.4 Å². The van der Waals surface area contributed by atoms with Crippen LogP contribution in [0.4, 0.5) is 5.69 Å². The molecule has 1 aromatic heterocycles. The molecule has 0 atom stereocenters. The summed E-state index contributed by atoms with van der Waals surface area (Å²) in [6, 6.07) is 3.85. The third kappa shape index (κ3) is 1.21. The van der Waals surface area contributed by atoms with Crippen molar-refractivity contribution in [3.8, 4) is 0 Å². The quantitative estimate of drug-likeness (QED) is 0.539. The van der Waals surface area contributed by atoms with E-state index in [1.165, 1.54) is 0 Å². The van der Waals surface area contributed by atoms with E-state index in [1.807, 2.05) is 26.0 Å². The summed E-state index contributed by atoms with van der Waals surface area (Å²) >= 11 is 0. The molecule has 0 saturated heterocycles. The summed E-state index contributed by atoms with van der Waals surface area (Å²) < 4.78 is 0. The molecule has 0 aliphatic rings. The van der Waals surface area contributed by atoms with Gasteiger partial charge in [0.1, 0.15) is 0 Å². The number of rotatable bonds is 1. The lowest BCUT2D eigenvalue weighted by molar-refractivity contribution is 1.12. The fourth-order valence-electron chi connectivity index (χ4n) is 0.846. The molecular formula is C8H10N2. The second-order valence-electron chi connectivity index (χ2n) is 2.22. The van der Waals surface area contributed by atoms with Gasteiger partial charge in [-0.2, -0.15) is 0 Å². The first-order valence-corrected chi connectivity index (χ1v) is 3.15. The largest absolute Gasteiger partial charge is 0.263 e. The molecule has 0 saturated carbocycles. The number of hydrogen-bond acceptors (Lipinski definition) is 2. The zero-order valence-corrected chi connectivity index (χ0v) is 6.26. The molecule has 0 N–H and O–H groups in total. The predicted molar refractivity (Wildman–Crippen MR) is 42.9 cm³/mol. The summed E-state index contributed by atoms with van der Waals surface area (Å²) in [6.07, 6.45) is 0. The van der Waals surface area contributed by atoms with Gasteiger partial charge in [-0.25, -0.2) is 0 Å². The Hall–Kier alpha value is -1.18. The molecule has 0 spiro atoms. The van der Waals surface area contributed by atoms with Gasteiger partial charge in [0.05, 0.1) is 11.4 Å². The van der Waals surface area contributed by atoms with Gasteiger partial charge in [-0.15, -0.1) is 0 Å². The van der Waals surface area contributed by atoms with Crippen molar-refractivity contribution in [1.82, 2.24) is 4.98 Å². The third-order valence-corrected chi connectivity index (χ3v) is 1.37. The maximum absolute atomic E-state index is 4.21. The summed E-state index contributed by atoms with van der Waals surface area (Å²) in [6.45, 7) is 7.32. The Bertz CT molecular complexity index is 253. The van der Waals surface area contributed by atoms with E-state index in [4.69, 9.17) is 0 Å². The second kappa shape index (κ2) is 2.60. The van der Waals surface area contributed by atoms with Crippen molar-refractivity contribution in [2.24, 2.45) is 4.99 Å². The first-order chi connectivity index (χ1) is 4.74. The van der Waals surface area contributed by atoms with E-state index < -0.39 is 0 Å². The van der Waals surface area contributed by atoms with Crippen molar-refractivity contribution in [3.63, 3.8) is 0 Å². The first kappa shape index (κ1) is 6.93. The molecular weight excluding hydrogens is 124 g/mol. The number of aliphatic imine (C=N–C) groups is 1. The molecule has 0 aliphatic heterocycles. The van der Waals surface area contributed by atoms with E-state index in [2.05, 4.69) is 16.7 Å². The number of aromatic nitrogens is 1. The number of hydrogen-bond donors (Lipinski definition) is 0. The molecule has 1 aromatic rings. The van der Waals surface area contributed by atoms with E-state index in [-0.39, 0.29) is 0 Å². The zero-order chi connectivity index (χ0) is 7.56. The second-order valence-corrected chi connectivity index (χ2v) is 2.22. The zero-order valence-electron chi connectivity index (χ0n) is 6.26. The highest BCUT2D eigenvalue weighted by molar-refractivity contribution is 5.48. The SMILES string of the molecule is C=Nc1ccc(C)nc1C. The molecule has 10 heavy (non-hydrogen) atoms. The summed E-state index contributed by atoms with van der Waals surface area (Å²) in [7, 11) is 0. The Kier molecular flexibility index (Phi) is 1.81. The van der Waals surface area contributed by atoms with Crippen molar-refractivity contribution in [3.05, 3.63) is 23.5 Å². The maximum Gasteiger partial charge on any atom is 0.0834 e. The minimum atomic E-state index is 0.866. The van der Waals surface area contributed by atoms with Crippen molar-refractivity contribution in [2.45, 2.75) is 13.8 Å². The summed E-state index contributed by atoms with van der Waals surface area (Å²) in [5, 5.41) is 0. The van der Waals surface area contributed by atoms with E-state index in [1.54, 1.807) is 0 Å². The predicted octanol–water partition coefficient (Wildman–Crippen LogP) is 2.03. The maximum atomic E-state index is 4.21. The number of nitrogens with zero attached hydrogens (tertiary/aromatic N) is 2. The highest BCUT2D eigenvalue weighted by Gasteiger charge is 1.94. The smallest absolute Gasteiger partial charge is 0.0834 e. The Balaban J connectivity index is 3.19. The number of pyridine rings is 1. The Morgan fingerprint density at radius 2 is 2.10 bits per heavy atom. The van der Waals surface area contributed by atoms with Crippen LogP contribution in [0.25, 0.3) is 0 Å². The van der Waals surface area contributed by atoms with Gasteiger partial charge in [0.25, 0.3) is 0 Å². The van der Waals surface area contributed by atoms with Crippen molar-refractivity contribution in [2.75, 3.05) is 0 Å². The standard InChI is InChI=1S/C8H10N2/c1-6-4-5-8(9-3)7(2)10-6/h4-5H,3H2,1-2H3. The monoisotopic (exact) mass is 134 g/mol. The minimum Gasteiger partial charge on any atom is -0.263 e. The van der Waals surface area contributed by atoms with Gasteiger partial charge in [-0.3, -0.25) is 9.98 Å². The first-order valence-electron chi connectivity index (χ1n) is 3.15.